The first-order chi connectivity index (χ1) is 12.6. The van der Waals surface area contributed by atoms with Crippen LogP contribution in [-0.2, 0) is 0 Å². The Kier molecular flexibility index (Phi) is 4.01. The minimum atomic E-state index is -0.650. The molecule has 1 aliphatic carbocycles. The number of nitrogens with two attached hydrogens (primary N) is 1. The van der Waals surface area contributed by atoms with Crippen molar-refractivity contribution in [2.45, 2.75) is 18.8 Å². The summed E-state index contributed by atoms with van der Waals surface area (Å²) in [5.74, 6) is 0.246. The average molecular weight is 346 g/mol. The topological polar surface area (TPSA) is 97.1 Å². The van der Waals surface area contributed by atoms with Gasteiger partial charge in [0.2, 0.25) is 0 Å². The quantitative estimate of drug-likeness (QED) is 0.669. The Bertz CT molecular complexity index is 1010. The summed E-state index contributed by atoms with van der Waals surface area (Å²) in [5, 5.41) is 6.21. The number of pyridine rings is 1. The van der Waals surface area contributed by atoms with Gasteiger partial charge in [0.1, 0.15) is 0 Å². The van der Waals surface area contributed by atoms with Crippen molar-refractivity contribution in [3.63, 3.8) is 0 Å². The average Bonchev–Trinajstić information content (AvgIpc) is 3.45. The van der Waals surface area contributed by atoms with Gasteiger partial charge in [-0.15, -0.1) is 0 Å². The summed E-state index contributed by atoms with van der Waals surface area (Å²) in [6, 6.07) is 15.7. The maximum Gasteiger partial charge on any atom is 0.316 e. The molecule has 3 aromatic rings. The second-order valence-electron chi connectivity index (χ2n) is 6.41. The lowest BCUT2D eigenvalue weighted by atomic mass is 10.1. The van der Waals surface area contributed by atoms with Crippen molar-refractivity contribution in [1.82, 2.24) is 4.98 Å². The molecule has 2 aromatic carbocycles. The Balaban J connectivity index is 1.67. The Morgan fingerprint density at radius 2 is 1.69 bits per heavy atom. The van der Waals surface area contributed by atoms with E-state index in [1.165, 1.54) is 0 Å². The molecular weight excluding hydrogens is 328 g/mol. The van der Waals surface area contributed by atoms with E-state index in [1.807, 2.05) is 30.3 Å². The number of hydrogen-bond donors (Lipinski definition) is 3. The van der Waals surface area contributed by atoms with Crippen LogP contribution < -0.4 is 16.4 Å². The monoisotopic (exact) mass is 346 g/mol. The lowest BCUT2D eigenvalue weighted by Crippen LogP contribution is -2.19. The molecule has 0 spiro atoms. The number of nitrogens with zero attached hydrogens (tertiary/aromatic N) is 1. The van der Waals surface area contributed by atoms with Gasteiger partial charge in [-0.2, -0.15) is 0 Å². The normalized spacial score (nSPS) is 13.4. The Morgan fingerprint density at radius 1 is 0.962 bits per heavy atom. The van der Waals surface area contributed by atoms with Gasteiger partial charge in [-0.25, -0.2) is 4.79 Å². The van der Waals surface area contributed by atoms with Gasteiger partial charge in [-0.1, -0.05) is 24.3 Å². The summed E-state index contributed by atoms with van der Waals surface area (Å²) in [4.78, 5) is 28.6. The molecule has 0 radical (unpaired) electrons. The minimum absolute atomic E-state index is 0.207. The van der Waals surface area contributed by atoms with E-state index in [2.05, 4.69) is 10.6 Å². The highest BCUT2D eigenvalue weighted by molar-refractivity contribution is 6.12. The van der Waals surface area contributed by atoms with Crippen molar-refractivity contribution < 1.29 is 9.59 Å². The molecule has 0 bridgehead atoms. The number of carbonyl (C=O) groups is 2. The number of aromatic nitrogens is 1. The zero-order chi connectivity index (χ0) is 18.1. The van der Waals surface area contributed by atoms with Crippen LogP contribution in [0.2, 0.25) is 0 Å². The molecule has 1 heterocycles. The molecule has 0 unspecified atom stereocenters. The summed E-state index contributed by atoms with van der Waals surface area (Å²) in [6.45, 7) is 0. The van der Waals surface area contributed by atoms with Crippen molar-refractivity contribution in [2.24, 2.45) is 5.73 Å². The highest BCUT2D eigenvalue weighted by Crippen LogP contribution is 2.40. The molecule has 1 fully saturated rings. The number of anilines is 2. The molecule has 1 saturated carbocycles. The van der Waals surface area contributed by atoms with E-state index in [9.17, 15) is 9.59 Å². The van der Waals surface area contributed by atoms with Gasteiger partial charge in [-0.3, -0.25) is 9.78 Å². The molecule has 0 aliphatic heterocycles. The van der Waals surface area contributed by atoms with Gasteiger partial charge in [0.25, 0.3) is 5.91 Å². The van der Waals surface area contributed by atoms with Gasteiger partial charge in [0, 0.05) is 28.4 Å². The number of hydrogen-bond acceptors (Lipinski definition) is 3. The van der Waals surface area contributed by atoms with E-state index in [0.717, 1.165) is 29.4 Å². The predicted octanol–water partition coefficient (Wildman–Crippen LogP) is 3.86. The van der Waals surface area contributed by atoms with Crippen LogP contribution in [0.25, 0.3) is 10.9 Å². The summed E-state index contributed by atoms with van der Waals surface area (Å²) in [7, 11) is 0. The molecule has 4 N–H and O–H groups in total. The summed E-state index contributed by atoms with van der Waals surface area (Å²) in [6.07, 6.45) is 2.24. The number of benzene rings is 2. The van der Waals surface area contributed by atoms with E-state index in [1.54, 1.807) is 24.3 Å². The number of primary amides is 1. The number of rotatable bonds is 4. The maximum absolute atomic E-state index is 12.9. The van der Waals surface area contributed by atoms with Crippen LogP contribution in [0.1, 0.15) is 34.8 Å². The van der Waals surface area contributed by atoms with Crippen LogP contribution in [-0.4, -0.2) is 16.9 Å². The van der Waals surface area contributed by atoms with E-state index in [0.29, 0.717) is 22.9 Å². The van der Waals surface area contributed by atoms with Crippen molar-refractivity contribution in [2.75, 3.05) is 10.6 Å². The number of fused-ring (bicyclic) bond motifs is 1. The standard InChI is InChI=1S/C20H18N4O2/c21-20(26)23-14-5-3-4-13(10-14)22-19(25)16-11-18(12-8-9-12)24-17-7-2-1-6-15(16)17/h1-7,10-12H,8-9H2,(H,22,25)(H3,21,23,26). The number of carbonyl (C=O) groups excluding carboxylic acids is 2. The number of para-hydroxylation sites is 1. The second-order valence-corrected chi connectivity index (χ2v) is 6.41. The van der Waals surface area contributed by atoms with E-state index >= 15 is 0 Å². The molecule has 6 nitrogen and oxygen atoms in total. The molecule has 6 heteroatoms. The third kappa shape index (κ3) is 3.35. The number of urea groups is 1. The lowest BCUT2D eigenvalue weighted by molar-refractivity contribution is 0.102. The zero-order valence-corrected chi connectivity index (χ0v) is 14.0. The molecule has 4 rings (SSSR count). The third-order valence-electron chi connectivity index (χ3n) is 4.36. The van der Waals surface area contributed by atoms with Crippen LogP contribution in [0.15, 0.2) is 54.6 Å². The third-order valence-corrected chi connectivity index (χ3v) is 4.36. The molecule has 0 saturated heterocycles. The Morgan fingerprint density at radius 3 is 2.42 bits per heavy atom. The first-order valence-electron chi connectivity index (χ1n) is 8.48. The zero-order valence-electron chi connectivity index (χ0n) is 14.0. The maximum atomic E-state index is 12.9. The number of nitrogens with one attached hydrogen (secondary N) is 2. The fourth-order valence-electron chi connectivity index (χ4n) is 2.99. The van der Waals surface area contributed by atoms with Gasteiger partial charge < -0.3 is 16.4 Å². The molecular formula is C20H18N4O2. The van der Waals surface area contributed by atoms with Crippen LogP contribution in [0.5, 0.6) is 0 Å². The number of amides is 3. The van der Waals surface area contributed by atoms with Gasteiger partial charge >= 0.3 is 6.03 Å². The fraction of sp³-hybridized carbons (Fsp3) is 0.150. The van der Waals surface area contributed by atoms with Crippen LogP contribution in [0, 0.1) is 0 Å². The van der Waals surface area contributed by atoms with Crippen molar-refractivity contribution in [3.8, 4) is 0 Å². The van der Waals surface area contributed by atoms with Gasteiger partial charge in [0.05, 0.1) is 11.1 Å². The first kappa shape index (κ1) is 16.1. The molecule has 26 heavy (non-hydrogen) atoms. The minimum Gasteiger partial charge on any atom is -0.351 e. The largest absolute Gasteiger partial charge is 0.351 e. The van der Waals surface area contributed by atoms with Crippen LogP contribution in [0.4, 0.5) is 16.2 Å². The van der Waals surface area contributed by atoms with E-state index in [4.69, 9.17) is 10.7 Å². The SMILES string of the molecule is NC(=O)Nc1cccc(NC(=O)c2cc(C3CC3)nc3ccccc23)c1. The first-order valence-corrected chi connectivity index (χ1v) is 8.48. The summed E-state index contributed by atoms with van der Waals surface area (Å²) < 4.78 is 0. The Labute approximate surface area is 150 Å². The van der Waals surface area contributed by atoms with Gasteiger partial charge in [0.15, 0.2) is 0 Å². The van der Waals surface area contributed by atoms with Gasteiger partial charge in [-0.05, 0) is 43.2 Å². The van der Waals surface area contributed by atoms with Crippen molar-refractivity contribution in [3.05, 3.63) is 65.9 Å². The second kappa shape index (κ2) is 6.48. The highest BCUT2D eigenvalue weighted by Gasteiger charge is 2.27. The van der Waals surface area contributed by atoms with E-state index in [-0.39, 0.29) is 5.91 Å². The van der Waals surface area contributed by atoms with Crippen LogP contribution in [0.3, 0.4) is 0 Å². The Hall–Kier alpha value is -3.41. The lowest BCUT2D eigenvalue weighted by Gasteiger charge is -2.11. The molecule has 3 amide bonds. The smallest absolute Gasteiger partial charge is 0.316 e. The molecule has 1 aliphatic rings. The van der Waals surface area contributed by atoms with Crippen molar-refractivity contribution >= 4 is 34.2 Å². The van der Waals surface area contributed by atoms with E-state index < -0.39 is 6.03 Å². The summed E-state index contributed by atoms with van der Waals surface area (Å²) in [5.41, 5.74) is 8.63. The molecule has 0 atom stereocenters. The summed E-state index contributed by atoms with van der Waals surface area (Å²) >= 11 is 0. The predicted molar refractivity (Wildman–Crippen MR) is 101 cm³/mol. The van der Waals surface area contributed by atoms with Crippen molar-refractivity contribution in [1.29, 1.82) is 0 Å². The van der Waals surface area contributed by atoms with Crippen LogP contribution >= 0.6 is 0 Å². The molecule has 1 aromatic heterocycles. The molecule has 130 valence electrons. The highest BCUT2D eigenvalue weighted by atomic mass is 16.2. The fourth-order valence-corrected chi connectivity index (χ4v) is 2.99.